The zero-order chi connectivity index (χ0) is 22.2. The van der Waals surface area contributed by atoms with Crippen LogP contribution in [0.15, 0.2) is 60.9 Å². The molecule has 0 atom stereocenters. The third-order valence-corrected chi connectivity index (χ3v) is 5.39. The van der Waals surface area contributed by atoms with Crippen molar-refractivity contribution in [3.8, 4) is 11.3 Å². The predicted octanol–water partition coefficient (Wildman–Crippen LogP) is 3.69. The molecule has 160 valence electrons. The molecule has 0 aliphatic carbocycles. The number of hydrogen-bond acceptors (Lipinski definition) is 5. The van der Waals surface area contributed by atoms with E-state index in [2.05, 4.69) is 43.3 Å². The standard InChI is InChI=1S/C23H22N8O/c1-14-3-8-19-18(11-14)29-21(25-12-17-9-10-27-30(17)2)22-26-13-20(31(19)22)15-4-6-16(7-5-15)28-23(24)32/h3-11,13H,12H2,1-2H3,(H,25,29)(H3,24,28,32). The summed E-state index contributed by atoms with van der Waals surface area (Å²) in [6, 6.07) is 15.0. The molecule has 0 fully saturated rings. The average Bonchev–Trinajstić information content (AvgIpc) is 3.38. The van der Waals surface area contributed by atoms with E-state index in [1.54, 1.807) is 6.20 Å². The van der Waals surface area contributed by atoms with E-state index >= 15 is 0 Å². The molecule has 0 radical (unpaired) electrons. The highest BCUT2D eigenvalue weighted by molar-refractivity contribution is 5.89. The van der Waals surface area contributed by atoms with E-state index in [0.29, 0.717) is 18.1 Å². The van der Waals surface area contributed by atoms with E-state index in [-0.39, 0.29) is 0 Å². The minimum Gasteiger partial charge on any atom is -0.361 e. The number of anilines is 2. The summed E-state index contributed by atoms with van der Waals surface area (Å²) < 4.78 is 3.93. The zero-order valence-corrected chi connectivity index (χ0v) is 17.7. The fourth-order valence-corrected chi connectivity index (χ4v) is 3.78. The first-order valence-corrected chi connectivity index (χ1v) is 10.1. The molecule has 0 aliphatic rings. The van der Waals surface area contributed by atoms with Crippen LogP contribution in [-0.4, -0.2) is 30.2 Å². The van der Waals surface area contributed by atoms with E-state index in [4.69, 9.17) is 10.7 Å². The van der Waals surface area contributed by atoms with Crippen LogP contribution in [0.1, 0.15) is 11.3 Å². The van der Waals surface area contributed by atoms with Gasteiger partial charge in [0.2, 0.25) is 0 Å². The summed E-state index contributed by atoms with van der Waals surface area (Å²) in [5.41, 5.74) is 12.5. The number of amides is 2. The van der Waals surface area contributed by atoms with Crippen LogP contribution >= 0.6 is 0 Å². The van der Waals surface area contributed by atoms with Crippen LogP contribution in [0.3, 0.4) is 0 Å². The smallest absolute Gasteiger partial charge is 0.316 e. The van der Waals surface area contributed by atoms with Gasteiger partial charge in [0.1, 0.15) is 0 Å². The van der Waals surface area contributed by atoms with Crippen molar-refractivity contribution in [3.63, 3.8) is 0 Å². The number of benzene rings is 2. The van der Waals surface area contributed by atoms with E-state index in [9.17, 15) is 4.79 Å². The van der Waals surface area contributed by atoms with Gasteiger partial charge in [-0.2, -0.15) is 5.10 Å². The third kappa shape index (κ3) is 3.49. The highest BCUT2D eigenvalue weighted by atomic mass is 16.2. The summed E-state index contributed by atoms with van der Waals surface area (Å²) >= 11 is 0. The number of urea groups is 1. The molecule has 9 nitrogen and oxygen atoms in total. The van der Waals surface area contributed by atoms with Crippen LogP contribution in [0, 0.1) is 6.92 Å². The van der Waals surface area contributed by atoms with Crippen molar-refractivity contribution in [2.75, 3.05) is 10.6 Å². The maximum absolute atomic E-state index is 11.1. The maximum Gasteiger partial charge on any atom is 0.316 e. The number of carbonyl (C=O) groups is 1. The maximum atomic E-state index is 11.1. The lowest BCUT2D eigenvalue weighted by molar-refractivity contribution is 0.259. The number of hydrogen-bond donors (Lipinski definition) is 3. The molecule has 32 heavy (non-hydrogen) atoms. The van der Waals surface area contributed by atoms with Crippen molar-refractivity contribution in [2.24, 2.45) is 12.8 Å². The molecule has 0 spiro atoms. The number of nitrogens with one attached hydrogen (secondary N) is 2. The van der Waals surface area contributed by atoms with Crippen molar-refractivity contribution in [1.82, 2.24) is 24.1 Å². The Morgan fingerprint density at radius 2 is 1.94 bits per heavy atom. The first kappa shape index (κ1) is 19.6. The molecule has 5 rings (SSSR count). The third-order valence-electron chi connectivity index (χ3n) is 5.39. The van der Waals surface area contributed by atoms with E-state index < -0.39 is 6.03 Å². The lowest BCUT2D eigenvalue weighted by Crippen LogP contribution is -2.19. The van der Waals surface area contributed by atoms with Gasteiger partial charge < -0.3 is 16.4 Å². The van der Waals surface area contributed by atoms with Crippen molar-refractivity contribution in [2.45, 2.75) is 13.5 Å². The van der Waals surface area contributed by atoms with Gasteiger partial charge in [-0.25, -0.2) is 14.8 Å². The Bertz CT molecular complexity index is 1450. The SMILES string of the molecule is Cc1ccc2c(c1)nc(NCc1ccnn1C)c1ncc(-c3ccc(NC(N)=O)cc3)n12. The monoisotopic (exact) mass is 426 g/mol. The van der Waals surface area contributed by atoms with Crippen LogP contribution < -0.4 is 16.4 Å². The van der Waals surface area contributed by atoms with Crippen molar-refractivity contribution in [3.05, 3.63) is 72.2 Å². The molecule has 4 N–H and O–H groups in total. The normalized spacial score (nSPS) is 11.2. The number of aromatic nitrogens is 5. The van der Waals surface area contributed by atoms with Gasteiger partial charge in [-0.3, -0.25) is 9.08 Å². The topological polar surface area (TPSA) is 115 Å². The van der Waals surface area contributed by atoms with Crippen molar-refractivity contribution < 1.29 is 4.79 Å². The summed E-state index contributed by atoms with van der Waals surface area (Å²) in [6.45, 7) is 2.62. The van der Waals surface area contributed by atoms with E-state index in [1.807, 2.05) is 55.2 Å². The highest BCUT2D eigenvalue weighted by Gasteiger charge is 2.15. The number of rotatable bonds is 5. The molecule has 2 amide bonds. The largest absolute Gasteiger partial charge is 0.361 e. The summed E-state index contributed by atoms with van der Waals surface area (Å²) in [4.78, 5) is 20.7. The summed E-state index contributed by atoms with van der Waals surface area (Å²) in [6.07, 6.45) is 3.61. The fraction of sp³-hybridized carbons (Fsp3) is 0.130. The molecule has 5 aromatic rings. The number of fused-ring (bicyclic) bond motifs is 3. The minimum absolute atomic E-state index is 0.576. The fourth-order valence-electron chi connectivity index (χ4n) is 3.78. The number of primary amides is 1. The number of nitrogens with two attached hydrogens (primary N) is 1. The Kier molecular flexibility index (Phi) is 4.70. The first-order chi connectivity index (χ1) is 15.5. The van der Waals surface area contributed by atoms with Gasteiger partial charge in [0.25, 0.3) is 0 Å². The molecule has 0 saturated heterocycles. The molecule has 2 aromatic carbocycles. The number of nitrogens with zero attached hydrogens (tertiary/aromatic N) is 5. The molecule has 0 bridgehead atoms. The van der Waals surface area contributed by atoms with Gasteiger partial charge >= 0.3 is 6.03 Å². The summed E-state index contributed by atoms with van der Waals surface area (Å²) in [5.74, 6) is 0.697. The number of aryl methyl sites for hydroxylation is 2. The van der Waals surface area contributed by atoms with Gasteiger partial charge in [-0.1, -0.05) is 18.2 Å². The Morgan fingerprint density at radius 3 is 2.66 bits per heavy atom. The number of carbonyl (C=O) groups excluding carboxylic acids is 1. The van der Waals surface area contributed by atoms with Crippen LogP contribution in [0.5, 0.6) is 0 Å². The van der Waals surface area contributed by atoms with Crippen LogP contribution in [0.25, 0.3) is 27.9 Å². The van der Waals surface area contributed by atoms with Crippen molar-refractivity contribution in [1.29, 1.82) is 0 Å². The zero-order valence-electron chi connectivity index (χ0n) is 17.7. The first-order valence-electron chi connectivity index (χ1n) is 10.1. The van der Waals surface area contributed by atoms with Gasteiger partial charge in [0.05, 0.1) is 35.2 Å². The predicted molar refractivity (Wildman–Crippen MR) is 124 cm³/mol. The van der Waals surface area contributed by atoms with Gasteiger partial charge in [0.15, 0.2) is 11.5 Å². The molecular formula is C23H22N8O. The second kappa shape index (κ2) is 7.69. The molecule has 0 saturated carbocycles. The molecule has 3 heterocycles. The Hall–Kier alpha value is -4.40. The Balaban J connectivity index is 1.63. The molecule has 3 aromatic heterocycles. The van der Waals surface area contributed by atoms with Crippen LogP contribution in [0.4, 0.5) is 16.3 Å². The summed E-state index contributed by atoms with van der Waals surface area (Å²) in [5, 5.41) is 10.2. The molecular weight excluding hydrogens is 404 g/mol. The second-order valence-corrected chi connectivity index (χ2v) is 7.62. The van der Waals surface area contributed by atoms with Gasteiger partial charge in [-0.15, -0.1) is 0 Å². The highest BCUT2D eigenvalue weighted by Crippen LogP contribution is 2.29. The molecule has 0 unspecified atom stereocenters. The van der Waals surface area contributed by atoms with Crippen LogP contribution in [0.2, 0.25) is 0 Å². The van der Waals surface area contributed by atoms with Gasteiger partial charge in [0, 0.05) is 24.5 Å². The van der Waals surface area contributed by atoms with Gasteiger partial charge in [-0.05, 0) is 42.8 Å². The van der Waals surface area contributed by atoms with Crippen LogP contribution in [-0.2, 0) is 13.6 Å². The molecule has 0 aliphatic heterocycles. The summed E-state index contributed by atoms with van der Waals surface area (Å²) in [7, 11) is 1.91. The second-order valence-electron chi connectivity index (χ2n) is 7.62. The lowest BCUT2D eigenvalue weighted by atomic mass is 10.1. The van der Waals surface area contributed by atoms with E-state index in [0.717, 1.165) is 39.2 Å². The quantitative estimate of drug-likeness (QED) is 0.396. The lowest BCUT2D eigenvalue weighted by Gasteiger charge is -2.12. The molecule has 9 heteroatoms. The average molecular weight is 426 g/mol. The number of imidazole rings is 1. The van der Waals surface area contributed by atoms with E-state index in [1.165, 1.54) is 0 Å². The van der Waals surface area contributed by atoms with Crippen molar-refractivity contribution >= 4 is 34.2 Å². The Morgan fingerprint density at radius 1 is 1.12 bits per heavy atom. The Labute approximate surface area is 183 Å². The minimum atomic E-state index is -0.593.